The Morgan fingerprint density at radius 3 is 2.44 bits per heavy atom. The Labute approximate surface area is 232 Å². The molecule has 0 aliphatic carbocycles. The first-order valence-electron chi connectivity index (χ1n) is 12.7. The van der Waals surface area contributed by atoms with Gasteiger partial charge in [-0.1, -0.05) is 60.7 Å². The molecule has 2 amide bonds. The number of hydrogen-bond acceptors (Lipinski definition) is 7. The van der Waals surface area contributed by atoms with Gasteiger partial charge >= 0.3 is 0 Å². The number of aromatic amines is 2. The van der Waals surface area contributed by atoms with Crippen LogP contribution in [0.25, 0.3) is 33.7 Å². The van der Waals surface area contributed by atoms with E-state index in [0.29, 0.717) is 11.4 Å². The number of nitrogens with zero attached hydrogens (tertiary/aromatic N) is 5. The maximum atomic E-state index is 13.6. The summed E-state index contributed by atoms with van der Waals surface area (Å²) in [7, 11) is 0. The third-order valence-electron chi connectivity index (χ3n) is 6.31. The maximum absolute atomic E-state index is 13.6. The summed E-state index contributed by atoms with van der Waals surface area (Å²) in [6, 6.07) is 21.9. The third-order valence-corrected chi connectivity index (χ3v) is 6.31. The molecule has 0 atom stereocenters. The Morgan fingerprint density at radius 1 is 0.927 bits per heavy atom. The lowest BCUT2D eigenvalue weighted by Crippen LogP contribution is -2.35. The van der Waals surface area contributed by atoms with Gasteiger partial charge in [-0.2, -0.15) is 5.10 Å². The lowest BCUT2D eigenvalue weighted by Gasteiger charge is -2.14. The summed E-state index contributed by atoms with van der Waals surface area (Å²) < 4.78 is 1.23. The molecule has 12 heteroatoms. The van der Waals surface area contributed by atoms with Gasteiger partial charge in [-0.15, -0.1) is 0 Å². The number of carbonyl (C=O) groups excluding carboxylic acids is 2. The van der Waals surface area contributed by atoms with Crippen LogP contribution in [0.1, 0.15) is 16.3 Å². The maximum Gasteiger partial charge on any atom is 0.293 e. The minimum absolute atomic E-state index is 0.0757. The van der Waals surface area contributed by atoms with Crippen LogP contribution in [-0.2, 0) is 17.9 Å². The van der Waals surface area contributed by atoms with Gasteiger partial charge in [0, 0.05) is 40.1 Å². The van der Waals surface area contributed by atoms with Crippen molar-refractivity contribution in [3.8, 4) is 22.8 Å². The van der Waals surface area contributed by atoms with E-state index in [-0.39, 0.29) is 30.4 Å². The molecular formula is C29H23N9O3. The highest BCUT2D eigenvalue weighted by Gasteiger charge is 2.19. The second-order valence-corrected chi connectivity index (χ2v) is 9.11. The second-order valence-electron chi connectivity index (χ2n) is 9.11. The number of amides is 2. The van der Waals surface area contributed by atoms with Gasteiger partial charge in [-0.3, -0.25) is 29.0 Å². The first kappa shape index (κ1) is 25.4. The van der Waals surface area contributed by atoms with Crippen molar-refractivity contribution >= 4 is 28.4 Å². The number of fused-ring (bicyclic) bond motifs is 1. The zero-order valence-corrected chi connectivity index (χ0v) is 21.5. The van der Waals surface area contributed by atoms with Gasteiger partial charge < -0.3 is 15.6 Å². The lowest BCUT2D eigenvalue weighted by atomic mass is 10.2. The van der Waals surface area contributed by atoms with E-state index in [1.54, 1.807) is 36.7 Å². The first-order valence-corrected chi connectivity index (χ1v) is 12.7. The predicted molar refractivity (Wildman–Crippen MR) is 152 cm³/mol. The number of anilines is 1. The van der Waals surface area contributed by atoms with Crippen LogP contribution < -0.4 is 16.2 Å². The minimum Gasteiger partial charge on any atom is -0.357 e. The summed E-state index contributed by atoms with van der Waals surface area (Å²) >= 11 is 0. The van der Waals surface area contributed by atoms with E-state index < -0.39 is 17.4 Å². The van der Waals surface area contributed by atoms with Crippen LogP contribution in [0.3, 0.4) is 0 Å². The van der Waals surface area contributed by atoms with Gasteiger partial charge in [0.1, 0.15) is 18.1 Å². The molecule has 0 fully saturated rings. The van der Waals surface area contributed by atoms with Crippen LogP contribution in [0.4, 0.5) is 5.69 Å². The highest BCUT2D eigenvalue weighted by atomic mass is 16.2. The van der Waals surface area contributed by atoms with E-state index in [2.05, 4.69) is 40.8 Å². The van der Waals surface area contributed by atoms with Crippen LogP contribution >= 0.6 is 0 Å². The normalized spacial score (nSPS) is 10.9. The van der Waals surface area contributed by atoms with Crippen molar-refractivity contribution in [1.29, 1.82) is 0 Å². The molecule has 202 valence electrons. The summed E-state index contributed by atoms with van der Waals surface area (Å²) in [6.45, 7) is -0.0932. The molecule has 0 bridgehead atoms. The number of rotatable bonds is 8. The number of pyridine rings is 1. The number of benzene rings is 2. The molecule has 0 saturated carbocycles. The Bertz CT molecular complexity index is 1880. The fourth-order valence-electron chi connectivity index (χ4n) is 4.32. The molecule has 4 aromatic heterocycles. The molecule has 0 aliphatic heterocycles. The smallest absolute Gasteiger partial charge is 0.293 e. The van der Waals surface area contributed by atoms with Crippen molar-refractivity contribution in [2.24, 2.45) is 0 Å². The van der Waals surface area contributed by atoms with Crippen molar-refractivity contribution in [1.82, 2.24) is 40.0 Å². The van der Waals surface area contributed by atoms with Crippen molar-refractivity contribution in [3.63, 3.8) is 0 Å². The van der Waals surface area contributed by atoms with E-state index in [9.17, 15) is 14.4 Å². The highest BCUT2D eigenvalue weighted by Crippen LogP contribution is 2.18. The van der Waals surface area contributed by atoms with Gasteiger partial charge in [-0.25, -0.2) is 9.97 Å². The fourth-order valence-corrected chi connectivity index (χ4v) is 4.32. The van der Waals surface area contributed by atoms with E-state index >= 15 is 0 Å². The van der Waals surface area contributed by atoms with E-state index in [4.69, 9.17) is 0 Å². The highest BCUT2D eigenvalue weighted by molar-refractivity contribution is 6.01. The number of aromatic nitrogens is 7. The zero-order chi connectivity index (χ0) is 28.2. The molecule has 6 aromatic rings. The Hall–Kier alpha value is -5.91. The minimum atomic E-state index is -0.671. The molecule has 2 aromatic carbocycles. The summed E-state index contributed by atoms with van der Waals surface area (Å²) in [5, 5.41) is 13.0. The largest absolute Gasteiger partial charge is 0.357 e. The summed E-state index contributed by atoms with van der Waals surface area (Å²) in [5.41, 5.74) is 2.36. The van der Waals surface area contributed by atoms with Gasteiger partial charge in [0.2, 0.25) is 11.7 Å². The van der Waals surface area contributed by atoms with Gasteiger partial charge in [-0.05, 0) is 12.1 Å². The monoisotopic (exact) mass is 545 g/mol. The quantitative estimate of drug-likeness (QED) is 0.228. The molecule has 4 N–H and O–H groups in total. The number of carbonyl (C=O) groups is 2. The van der Waals surface area contributed by atoms with Crippen LogP contribution in [0.15, 0.2) is 96.2 Å². The van der Waals surface area contributed by atoms with Crippen molar-refractivity contribution in [3.05, 3.63) is 113 Å². The predicted octanol–water partition coefficient (Wildman–Crippen LogP) is 3.14. The lowest BCUT2D eigenvalue weighted by molar-refractivity contribution is -0.121. The molecule has 0 saturated heterocycles. The zero-order valence-electron chi connectivity index (χ0n) is 21.5. The average molecular weight is 546 g/mol. The van der Waals surface area contributed by atoms with Gasteiger partial charge in [0.25, 0.3) is 11.5 Å². The molecule has 0 aliphatic rings. The molecule has 12 nitrogen and oxygen atoms in total. The fraction of sp³-hybridized carbons (Fsp3) is 0.0690. The molecule has 0 unspecified atom stereocenters. The summed E-state index contributed by atoms with van der Waals surface area (Å²) in [4.78, 5) is 55.4. The standard InChI is InChI=1S/C29H23N9O3/c39-24(31-15-21-13-20-14-30-12-11-22(20)33-21)17-38-27(19-9-5-2-6-10-19)32-16-23(29(38)41)34-28(40)26-35-25(36-37-26)18-7-3-1-4-8-18/h1-14,16,33H,15,17H2,(H,31,39)(H,34,40)(H,35,36,37). The molecule has 41 heavy (non-hydrogen) atoms. The van der Waals surface area contributed by atoms with E-state index in [0.717, 1.165) is 22.2 Å². The Kier molecular flexibility index (Phi) is 6.85. The molecule has 0 spiro atoms. The summed E-state index contributed by atoms with van der Waals surface area (Å²) in [5.74, 6) is -0.530. The van der Waals surface area contributed by atoms with Gasteiger partial charge in [0.05, 0.1) is 12.7 Å². The van der Waals surface area contributed by atoms with Crippen LogP contribution in [0.5, 0.6) is 0 Å². The number of H-pyrrole nitrogens is 2. The molecule has 0 radical (unpaired) electrons. The van der Waals surface area contributed by atoms with Crippen LogP contribution in [-0.4, -0.2) is 46.5 Å². The third kappa shape index (κ3) is 5.47. The summed E-state index contributed by atoms with van der Waals surface area (Å²) in [6.07, 6.45) is 4.68. The van der Waals surface area contributed by atoms with E-state index in [1.807, 2.05) is 48.5 Å². The molecular weight excluding hydrogens is 522 g/mol. The van der Waals surface area contributed by atoms with Gasteiger partial charge in [0.15, 0.2) is 5.82 Å². The van der Waals surface area contributed by atoms with E-state index in [1.165, 1.54) is 10.8 Å². The van der Waals surface area contributed by atoms with Crippen LogP contribution in [0.2, 0.25) is 0 Å². The Balaban J connectivity index is 1.24. The van der Waals surface area contributed by atoms with Crippen molar-refractivity contribution < 1.29 is 9.59 Å². The first-order chi connectivity index (χ1) is 20.0. The number of nitrogens with one attached hydrogen (secondary N) is 4. The average Bonchev–Trinajstić information content (AvgIpc) is 3.67. The topological polar surface area (TPSA) is 163 Å². The van der Waals surface area contributed by atoms with Crippen LogP contribution in [0, 0.1) is 0 Å². The second kappa shape index (κ2) is 11.1. The molecule has 4 heterocycles. The van der Waals surface area contributed by atoms with Crippen molar-refractivity contribution in [2.75, 3.05) is 5.32 Å². The SMILES string of the molecule is O=C(Cn1c(-c2ccccc2)ncc(NC(=O)c2nc(-c3ccccc3)n[nH]2)c1=O)NCc1cc2cnccc2[nH]1. The van der Waals surface area contributed by atoms with Crippen molar-refractivity contribution in [2.45, 2.75) is 13.1 Å². The molecule has 6 rings (SSSR count). The Morgan fingerprint density at radius 2 is 1.68 bits per heavy atom. The number of hydrogen-bond donors (Lipinski definition) is 4.